The number of nitrogens with one attached hydrogen (secondary N) is 1. The standard InChI is InChI=1S/C16H28N2O/c1-3-5-7-9-11-14-13-15(18-16(19)17-14)12-10-8-6-4-2/h13H,3-12H2,1-2H3,(H,17,18,19). The molecule has 3 nitrogen and oxygen atoms in total. The van der Waals surface area contributed by atoms with Gasteiger partial charge in [0.1, 0.15) is 0 Å². The molecule has 1 heterocycles. The van der Waals surface area contributed by atoms with Crippen LogP contribution < -0.4 is 5.69 Å². The molecule has 19 heavy (non-hydrogen) atoms. The zero-order chi connectivity index (χ0) is 13.9. The number of nitrogens with zero attached hydrogens (tertiary/aromatic N) is 1. The Balaban J connectivity index is 2.44. The fourth-order valence-electron chi connectivity index (χ4n) is 2.30. The lowest BCUT2D eigenvalue weighted by molar-refractivity contribution is 0.647. The summed E-state index contributed by atoms with van der Waals surface area (Å²) in [5.41, 5.74) is 1.84. The minimum absolute atomic E-state index is 0.182. The molecule has 0 amide bonds. The fraction of sp³-hybridized carbons (Fsp3) is 0.750. The van der Waals surface area contributed by atoms with E-state index in [1.807, 2.05) is 0 Å². The van der Waals surface area contributed by atoms with Crippen molar-refractivity contribution in [3.8, 4) is 0 Å². The summed E-state index contributed by atoms with van der Waals surface area (Å²) >= 11 is 0. The number of hydrogen-bond acceptors (Lipinski definition) is 2. The first-order valence-electron chi connectivity index (χ1n) is 7.85. The van der Waals surface area contributed by atoms with Gasteiger partial charge in [0, 0.05) is 11.4 Å². The first-order valence-corrected chi connectivity index (χ1v) is 7.85. The Morgan fingerprint density at radius 3 is 2.21 bits per heavy atom. The van der Waals surface area contributed by atoms with Gasteiger partial charge < -0.3 is 4.98 Å². The van der Waals surface area contributed by atoms with Gasteiger partial charge in [0.2, 0.25) is 0 Å². The molecule has 0 unspecified atom stereocenters. The van der Waals surface area contributed by atoms with E-state index in [0.717, 1.165) is 37.1 Å². The van der Waals surface area contributed by atoms with Crippen LogP contribution in [0.15, 0.2) is 10.9 Å². The smallest absolute Gasteiger partial charge is 0.310 e. The van der Waals surface area contributed by atoms with E-state index in [4.69, 9.17) is 0 Å². The highest BCUT2D eigenvalue weighted by atomic mass is 16.1. The third kappa shape index (κ3) is 7.14. The number of aromatic amines is 1. The van der Waals surface area contributed by atoms with Crippen LogP contribution in [0.25, 0.3) is 0 Å². The maximum Gasteiger partial charge on any atom is 0.345 e. The maximum atomic E-state index is 11.5. The van der Waals surface area contributed by atoms with Gasteiger partial charge in [0.25, 0.3) is 0 Å². The molecule has 0 radical (unpaired) electrons. The van der Waals surface area contributed by atoms with Crippen LogP contribution in [0.2, 0.25) is 0 Å². The normalized spacial score (nSPS) is 10.8. The average Bonchev–Trinajstić information content (AvgIpc) is 2.39. The van der Waals surface area contributed by atoms with Crippen LogP contribution in [-0.4, -0.2) is 9.97 Å². The Morgan fingerprint density at radius 2 is 1.58 bits per heavy atom. The summed E-state index contributed by atoms with van der Waals surface area (Å²) in [4.78, 5) is 18.4. The summed E-state index contributed by atoms with van der Waals surface area (Å²) in [6.07, 6.45) is 11.7. The van der Waals surface area contributed by atoms with Crippen molar-refractivity contribution >= 4 is 0 Å². The molecule has 1 aromatic heterocycles. The van der Waals surface area contributed by atoms with E-state index in [9.17, 15) is 4.79 Å². The molecule has 0 aromatic carbocycles. The van der Waals surface area contributed by atoms with Crippen LogP contribution in [-0.2, 0) is 12.8 Å². The Kier molecular flexibility index (Phi) is 8.19. The second kappa shape index (κ2) is 9.76. The number of unbranched alkanes of at least 4 members (excludes halogenated alkanes) is 6. The van der Waals surface area contributed by atoms with Crippen LogP contribution in [0.3, 0.4) is 0 Å². The van der Waals surface area contributed by atoms with Crippen molar-refractivity contribution in [1.29, 1.82) is 0 Å². The number of H-pyrrole nitrogens is 1. The molecule has 1 rings (SSSR count). The average molecular weight is 264 g/mol. The molecular formula is C16H28N2O. The lowest BCUT2D eigenvalue weighted by Gasteiger charge is -2.04. The van der Waals surface area contributed by atoms with Crippen molar-refractivity contribution in [1.82, 2.24) is 9.97 Å². The van der Waals surface area contributed by atoms with Crippen molar-refractivity contribution in [2.24, 2.45) is 0 Å². The molecular weight excluding hydrogens is 236 g/mol. The van der Waals surface area contributed by atoms with E-state index in [1.54, 1.807) is 0 Å². The molecule has 0 atom stereocenters. The van der Waals surface area contributed by atoms with Gasteiger partial charge in [-0.25, -0.2) is 4.79 Å². The van der Waals surface area contributed by atoms with Gasteiger partial charge in [-0.05, 0) is 31.7 Å². The largest absolute Gasteiger partial charge is 0.345 e. The molecule has 1 aromatic rings. The summed E-state index contributed by atoms with van der Waals surface area (Å²) < 4.78 is 0. The van der Waals surface area contributed by atoms with Crippen molar-refractivity contribution in [3.05, 3.63) is 27.9 Å². The zero-order valence-corrected chi connectivity index (χ0v) is 12.5. The highest BCUT2D eigenvalue weighted by Gasteiger charge is 2.01. The SMILES string of the molecule is CCCCCCc1cc(CCCCCC)[nH]c(=O)n1. The molecule has 0 saturated heterocycles. The highest BCUT2D eigenvalue weighted by Crippen LogP contribution is 2.08. The molecule has 0 fully saturated rings. The predicted molar refractivity (Wildman–Crippen MR) is 80.5 cm³/mol. The fourth-order valence-corrected chi connectivity index (χ4v) is 2.30. The van der Waals surface area contributed by atoms with E-state index in [2.05, 4.69) is 29.9 Å². The van der Waals surface area contributed by atoms with Gasteiger partial charge in [-0.15, -0.1) is 0 Å². The molecule has 0 aliphatic rings. The molecule has 108 valence electrons. The summed E-state index contributed by atoms with van der Waals surface area (Å²) in [6.45, 7) is 4.42. The van der Waals surface area contributed by atoms with Gasteiger partial charge >= 0.3 is 5.69 Å². The summed E-state index contributed by atoms with van der Waals surface area (Å²) in [7, 11) is 0. The van der Waals surface area contributed by atoms with E-state index < -0.39 is 0 Å². The predicted octanol–water partition coefficient (Wildman–Crippen LogP) is 4.02. The van der Waals surface area contributed by atoms with E-state index in [1.165, 1.54) is 38.5 Å². The molecule has 0 saturated carbocycles. The van der Waals surface area contributed by atoms with Crippen molar-refractivity contribution in [2.75, 3.05) is 0 Å². The van der Waals surface area contributed by atoms with Crippen LogP contribution in [0.4, 0.5) is 0 Å². The van der Waals surface area contributed by atoms with Gasteiger partial charge in [-0.2, -0.15) is 4.98 Å². The van der Waals surface area contributed by atoms with Crippen molar-refractivity contribution < 1.29 is 0 Å². The van der Waals surface area contributed by atoms with Crippen LogP contribution in [0.1, 0.15) is 76.6 Å². The monoisotopic (exact) mass is 264 g/mol. The number of hydrogen-bond donors (Lipinski definition) is 1. The van der Waals surface area contributed by atoms with Gasteiger partial charge in [0.15, 0.2) is 0 Å². The highest BCUT2D eigenvalue weighted by molar-refractivity contribution is 5.08. The second-order valence-electron chi connectivity index (χ2n) is 5.32. The van der Waals surface area contributed by atoms with Crippen LogP contribution >= 0.6 is 0 Å². The van der Waals surface area contributed by atoms with E-state index in [0.29, 0.717) is 0 Å². The number of aromatic nitrogens is 2. The first kappa shape index (κ1) is 15.9. The zero-order valence-electron chi connectivity index (χ0n) is 12.5. The van der Waals surface area contributed by atoms with Gasteiger partial charge in [0.05, 0.1) is 0 Å². The van der Waals surface area contributed by atoms with Gasteiger partial charge in [-0.3, -0.25) is 0 Å². The molecule has 0 aliphatic heterocycles. The minimum Gasteiger partial charge on any atom is -0.310 e. The number of rotatable bonds is 10. The van der Waals surface area contributed by atoms with E-state index >= 15 is 0 Å². The molecule has 0 spiro atoms. The van der Waals surface area contributed by atoms with Crippen molar-refractivity contribution in [2.45, 2.75) is 78.1 Å². The molecule has 0 bridgehead atoms. The lowest BCUT2D eigenvalue weighted by Crippen LogP contribution is -2.15. The molecule has 3 heteroatoms. The quantitative estimate of drug-likeness (QED) is 0.649. The van der Waals surface area contributed by atoms with Crippen molar-refractivity contribution in [3.63, 3.8) is 0 Å². The maximum absolute atomic E-state index is 11.5. The molecule has 0 aliphatic carbocycles. The number of aryl methyl sites for hydroxylation is 2. The minimum atomic E-state index is -0.182. The third-order valence-corrected chi connectivity index (χ3v) is 3.44. The van der Waals surface area contributed by atoms with Crippen LogP contribution in [0.5, 0.6) is 0 Å². The summed E-state index contributed by atoms with van der Waals surface area (Å²) in [5.74, 6) is 0. The summed E-state index contributed by atoms with van der Waals surface area (Å²) in [5, 5.41) is 0. The third-order valence-electron chi connectivity index (χ3n) is 3.44. The second-order valence-corrected chi connectivity index (χ2v) is 5.32. The Morgan fingerprint density at radius 1 is 0.947 bits per heavy atom. The Labute approximate surface area is 116 Å². The Hall–Kier alpha value is -1.12. The molecule has 1 N–H and O–H groups in total. The topological polar surface area (TPSA) is 45.8 Å². The first-order chi connectivity index (χ1) is 9.26. The summed E-state index contributed by atoms with van der Waals surface area (Å²) in [6, 6.07) is 2.08. The van der Waals surface area contributed by atoms with E-state index in [-0.39, 0.29) is 5.69 Å². The van der Waals surface area contributed by atoms with Crippen LogP contribution in [0, 0.1) is 0 Å². The Bertz CT molecular complexity index is 365. The van der Waals surface area contributed by atoms with Gasteiger partial charge in [-0.1, -0.05) is 52.4 Å². The lowest BCUT2D eigenvalue weighted by atomic mass is 10.1.